The first-order valence-corrected chi connectivity index (χ1v) is 9.19. The highest BCUT2D eigenvalue weighted by molar-refractivity contribution is 9.10. The Morgan fingerprint density at radius 2 is 1.52 bits per heavy atom. The lowest BCUT2D eigenvalue weighted by molar-refractivity contribution is -0.121. The van der Waals surface area contributed by atoms with Gasteiger partial charge in [0.25, 0.3) is 0 Å². The van der Waals surface area contributed by atoms with Gasteiger partial charge in [-0.3, -0.25) is 4.79 Å². The number of benzene rings is 2. The van der Waals surface area contributed by atoms with Crippen LogP contribution < -0.4 is 24.3 Å². The summed E-state index contributed by atoms with van der Waals surface area (Å²) in [4.78, 5) is 12.2. The molecule has 0 saturated carbocycles. The summed E-state index contributed by atoms with van der Waals surface area (Å²) in [5.41, 5.74) is 1.87. The second kappa shape index (κ2) is 10.1. The highest BCUT2D eigenvalue weighted by Gasteiger charge is 2.13. The molecule has 1 amide bonds. The van der Waals surface area contributed by atoms with Crippen LogP contribution in [0.4, 0.5) is 0 Å². The van der Waals surface area contributed by atoms with Gasteiger partial charge in [0.15, 0.2) is 11.5 Å². The Morgan fingerprint density at radius 1 is 0.889 bits per heavy atom. The maximum atomic E-state index is 12.2. The third kappa shape index (κ3) is 5.53. The maximum Gasteiger partial charge on any atom is 0.220 e. The Hall–Kier alpha value is -2.41. The van der Waals surface area contributed by atoms with E-state index >= 15 is 0 Å². The molecule has 146 valence electrons. The largest absolute Gasteiger partial charge is 0.496 e. The molecule has 0 aliphatic carbocycles. The summed E-state index contributed by atoms with van der Waals surface area (Å²) in [7, 11) is 6.33. The van der Waals surface area contributed by atoms with Crippen LogP contribution in [0.15, 0.2) is 34.8 Å². The Morgan fingerprint density at radius 3 is 2.11 bits per heavy atom. The van der Waals surface area contributed by atoms with Crippen LogP contribution >= 0.6 is 15.9 Å². The second-order valence-corrected chi connectivity index (χ2v) is 6.62. The summed E-state index contributed by atoms with van der Waals surface area (Å²) < 4.78 is 22.0. The first-order chi connectivity index (χ1) is 13.0. The standard InChI is InChI=1S/C20H24BrNO5/c1-24-16-7-5-13(9-15(16)21)6-8-20(23)22-12-14-10-18(26-3)19(27-4)11-17(14)25-2/h5,7,9-11H,6,8,12H2,1-4H3,(H,22,23). The van der Waals surface area contributed by atoms with Gasteiger partial charge in [0.1, 0.15) is 11.5 Å². The van der Waals surface area contributed by atoms with E-state index in [9.17, 15) is 4.79 Å². The minimum absolute atomic E-state index is 0.0428. The van der Waals surface area contributed by atoms with Crippen LogP contribution in [0.5, 0.6) is 23.0 Å². The van der Waals surface area contributed by atoms with Gasteiger partial charge in [0.2, 0.25) is 5.91 Å². The third-order valence-corrected chi connectivity index (χ3v) is 4.74. The SMILES string of the molecule is COc1ccc(CCC(=O)NCc2cc(OC)c(OC)cc2OC)cc1Br. The molecule has 7 heteroatoms. The van der Waals surface area contributed by atoms with E-state index in [-0.39, 0.29) is 5.91 Å². The molecular formula is C20H24BrNO5. The fourth-order valence-electron chi connectivity index (χ4n) is 2.64. The summed E-state index contributed by atoms with van der Waals surface area (Å²) in [6.07, 6.45) is 1.02. The maximum absolute atomic E-state index is 12.2. The molecule has 27 heavy (non-hydrogen) atoms. The molecule has 0 spiro atoms. The minimum Gasteiger partial charge on any atom is -0.496 e. The normalized spacial score (nSPS) is 10.3. The minimum atomic E-state index is -0.0428. The Labute approximate surface area is 167 Å². The highest BCUT2D eigenvalue weighted by Crippen LogP contribution is 2.34. The van der Waals surface area contributed by atoms with Crippen LogP contribution in [0.25, 0.3) is 0 Å². The molecule has 0 aliphatic heterocycles. The summed E-state index contributed by atoms with van der Waals surface area (Å²) in [6.45, 7) is 0.342. The zero-order valence-electron chi connectivity index (χ0n) is 15.9. The van der Waals surface area contributed by atoms with Crippen molar-refractivity contribution in [2.24, 2.45) is 0 Å². The lowest BCUT2D eigenvalue weighted by Gasteiger charge is -2.14. The number of halogens is 1. The van der Waals surface area contributed by atoms with Crippen molar-refractivity contribution in [2.45, 2.75) is 19.4 Å². The smallest absolute Gasteiger partial charge is 0.220 e. The zero-order valence-corrected chi connectivity index (χ0v) is 17.5. The van der Waals surface area contributed by atoms with Gasteiger partial charge in [-0.1, -0.05) is 6.07 Å². The van der Waals surface area contributed by atoms with Crippen molar-refractivity contribution in [1.29, 1.82) is 0 Å². The fourth-order valence-corrected chi connectivity index (χ4v) is 3.22. The molecule has 0 unspecified atom stereocenters. The van der Waals surface area contributed by atoms with Crippen molar-refractivity contribution in [3.8, 4) is 23.0 Å². The molecule has 1 N–H and O–H groups in total. The lowest BCUT2D eigenvalue weighted by Crippen LogP contribution is -2.23. The number of aryl methyl sites for hydroxylation is 1. The molecule has 2 aromatic rings. The second-order valence-electron chi connectivity index (χ2n) is 5.76. The van der Waals surface area contributed by atoms with Gasteiger partial charge in [0.05, 0.1) is 32.9 Å². The first kappa shape index (κ1) is 20.9. The van der Waals surface area contributed by atoms with Crippen molar-refractivity contribution in [3.05, 3.63) is 45.9 Å². The van der Waals surface area contributed by atoms with E-state index in [0.29, 0.717) is 36.6 Å². The van der Waals surface area contributed by atoms with Crippen LogP contribution in [0.2, 0.25) is 0 Å². The molecule has 0 aliphatic rings. The van der Waals surface area contributed by atoms with Crippen LogP contribution in [0.1, 0.15) is 17.5 Å². The molecule has 0 aromatic heterocycles. The number of rotatable bonds is 9. The van der Waals surface area contributed by atoms with E-state index in [1.807, 2.05) is 18.2 Å². The molecule has 0 bridgehead atoms. The number of ether oxygens (including phenoxy) is 4. The van der Waals surface area contributed by atoms with Gasteiger partial charge >= 0.3 is 0 Å². The molecule has 0 fully saturated rings. The highest BCUT2D eigenvalue weighted by atomic mass is 79.9. The van der Waals surface area contributed by atoms with Crippen LogP contribution in [-0.2, 0) is 17.8 Å². The number of carbonyl (C=O) groups excluding carboxylic acids is 1. The molecule has 2 aromatic carbocycles. The van der Waals surface area contributed by atoms with Gasteiger partial charge in [-0.25, -0.2) is 0 Å². The van der Waals surface area contributed by atoms with Crippen molar-refractivity contribution in [3.63, 3.8) is 0 Å². The van der Waals surface area contributed by atoms with Gasteiger partial charge in [-0.05, 0) is 46.1 Å². The number of hydrogen-bond donors (Lipinski definition) is 1. The molecule has 6 nitrogen and oxygen atoms in total. The Balaban J connectivity index is 1.96. The van der Waals surface area contributed by atoms with E-state index in [1.54, 1.807) is 40.6 Å². The first-order valence-electron chi connectivity index (χ1n) is 8.40. The van der Waals surface area contributed by atoms with Crippen molar-refractivity contribution < 1.29 is 23.7 Å². The van der Waals surface area contributed by atoms with Gasteiger partial charge in [-0.15, -0.1) is 0 Å². The Bertz CT molecular complexity index is 794. The van der Waals surface area contributed by atoms with Gasteiger partial charge in [0, 0.05) is 24.6 Å². The average Bonchev–Trinajstić information content (AvgIpc) is 2.69. The van der Waals surface area contributed by atoms with E-state index in [1.165, 1.54) is 0 Å². The lowest BCUT2D eigenvalue weighted by atomic mass is 10.1. The van der Waals surface area contributed by atoms with Gasteiger partial charge in [-0.2, -0.15) is 0 Å². The van der Waals surface area contributed by atoms with Crippen molar-refractivity contribution >= 4 is 21.8 Å². The number of amides is 1. The fraction of sp³-hybridized carbons (Fsp3) is 0.350. The van der Waals surface area contributed by atoms with Crippen LogP contribution in [0.3, 0.4) is 0 Å². The summed E-state index contributed by atoms with van der Waals surface area (Å²) in [5, 5.41) is 2.92. The molecule has 0 atom stereocenters. The van der Waals surface area contributed by atoms with E-state index in [0.717, 1.165) is 21.3 Å². The number of methoxy groups -OCH3 is 4. The monoisotopic (exact) mass is 437 g/mol. The molecule has 0 radical (unpaired) electrons. The zero-order chi connectivity index (χ0) is 19.8. The topological polar surface area (TPSA) is 66.0 Å². The average molecular weight is 438 g/mol. The number of hydrogen-bond acceptors (Lipinski definition) is 5. The molecular weight excluding hydrogens is 414 g/mol. The predicted octanol–water partition coefficient (Wildman–Crippen LogP) is 3.73. The van der Waals surface area contributed by atoms with Crippen molar-refractivity contribution in [2.75, 3.05) is 28.4 Å². The van der Waals surface area contributed by atoms with Crippen molar-refractivity contribution in [1.82, 2.24) is 5.32 Å². The Kier molecular flexibility index (Phi) is 7.79. The summed E-state index contributed by atoms with van der Waals surface area (Å²) in [5.74, 6) is 2.52. The molecule has 2 rings (SSSR count). The van der Waals surface area contributed by atoms with E-state index < -0.39 is 0 Å². The summed E-state index contributed by atoms with van der Waals surface area (Å²) >= 11 is 3.46. The quantitative estimate of drug-likeness (QED) is 0.647. The molecule has 0 heterocycles. The van der Waals surface area contributed by atoms with E-state index in [4.69, 9.17) is 18.9 Å². The summed E-state index contributed by atoms with van der Waals surface area (Å²) in [6, 6.07) is 9.34. The molecule has 0 saturated heterocycles. The predicted molar refractivity (Wildman–Crippen MR) is 107 cm³/mol. The third-order valence-electron chi connectivity index (χ3n) is 4.12. The number of carbonyl (C=O) groups is 1. The van der Waals surface area contributed by atoms with E-state index in [2.05, 4.69) is 21.2 Å². The van der Waals surface area contributed by atoms with Crippen LogP contribution in [-0.4, -0.2) is 34.3 Å². The number of nitrogens with one attached hydrogen (secondary N) is 1. The van der Waals surface area contributed by atoms with Crippen LogP contribution in [0, 0.1) is 0 Å². The van der Waals surface area contributed by atoms with Gasteiger partial charge < -0.3 is 24.3 Å².